The minimum atomic E-state index is -0.483. The van der Waals surface area contributed by atoms with Crippen molar-refractivity contribution in [1.82, 2.24) is 19.7 Å². The fourth-order valence-electron chi connectivity index (χ4n) is 8.84. The number of anilines is 1. The Balaban J connectivity index is 1.12. The normalized spacial score (nSPS) is 26.5. The van der Waals surface area contributed by atoms with Gasteiger partial charge in [-0.1, -0.05) is 12.1 Å². The maximum atomic E-state index is 15.5. The largest absolute Gasteiger partial charge is 0.496 e. The van der Waals surface area contributed by atoms with Gasteiger partial charge in [-0.05, 0) is 126 Å². The highest BCUT2D eigenvalue weighted by Crippen LogP contribution is 2.58. The van der Waals surface area contributed by atoms with Crippen molar-refractivity contribution < 1.29 is 28.6 Å². The quantitative estimate of drug-likeness (QED) is 0.266. The van der Waals surface area contributed by atoms with E-state index in [1.807, 2.05) is 36.5 Å². The van der Waals surface area contributed by atoms with Crippen LogP contribution in [0, 0.1) is 24.1 Å². The fourth-order valence-corrected chi connectivity index (χ4v) is 8.84. The molecule has 11 heteroatoms. The smallest absolute Gasteiger partial charge is 0.410 e. The number of hydrogen-bond donors (Lipinski definition) is 1. The van der Waals surface area contributed by atoms with Crippen LogP contribution in [0.5, 0.6) is 5.75 Å². The van der Waals surface area contributed by atoms with Crippen LogP contribution in [0.4, 0.5) is 15.0 Å². The SMILES string of the molecule is COc1ccc(C23CCC(CN(C(=O)C4CCC(OC(=O)N5CC(O)C5)CC4)c4cc(-c5cnn(C(C)(C)C)c5)c(F)cn4)(CC2)CC3)cc1C. The number of hydrogen-bond acceptors (Lipinski definition) is 7. The lowest BCUT2D eigenvalue weighted by Crippen LogP contribution is -2.54. The number of halogens is 1. The average molecular weight is 702 g/mol. The van der Waals surface area contributed by atoms with Crippen LogP contribution in [0.15, 0.2) is 42.9 Å². The Morgan fingerprint density at radius 3 is 2.29 bits per heavy atom. The van der Waals surface area contributed by atoms with Crippen molar-refractivity contribution in [1.29, 1.82) is 0 Å². The lowest BCUT2D eigenvalue weighted by Gasteiger charge is -2.55. The zero-order valence-corrected chi connectivity index (χ0v) is 30.7. The number of aryl methyl sites for hydroxylation is 1. The molecule has 3 heterocycles. The maximum absolute atomic E-state index is 15.5. The number of aliphatic hydroxyl groups excluding tert-OH is 1. The van der Waals surface area contributed by atoms with Gasteiger partial charge in [0.15, 0.2) is 0 Å². The van der Waals surface area contributed by atoms with E-state index >= 15 is 4.39 Å². The molecule has 10 nitrogen and oxygen atoms in total. The Kier molecular flexibility index (Phi) is 9.39. The third-order valence-electron chi connectivity index (χ3n) is 12.3. The highest BCUT2D eigenvalue weighted by atomic mass is 19.1. The third kappa shape index (κ3) is 6.98. The van der Waals surface area contributed by atoms with Gasteiger partial charge in [-0.2, -0.15) is 5.10 Å². The molecule has 4 aliphatic carbocycles. The summed E-state index contributed by atoms with van der Waals surface area (Å²) in [5.74, 6) is 0.667. The molecule has 1 aliphatic heterocycles. The van der Waals surface area contributed by atoms with E-state index in [1.54, 1.807) is 19.4 Å². The Morgan fingerprint density at radius 1 is 1.02 bits per heavy atom. The fraction of sp³-hybridized carbons (Fsp3) is 0.600. The first-order chi connectivity index (χ1) is 24.3. The van der Waals surface area contributed by atoms with E-state index < -0.39 is 18.0 Å². The number of pyridine rings is 1. The van der Waals surface area contributed by atoms with Gasteiger partial charge >= 0.3 is 6.09 Å². The molecule has 2 aromatic heterocycles. The number of benzene rings is 1. The third-order valence-corrected chi connectivity index (χ3v) is 12.3. The predicted octanol–water partition coefficient (Wildman–Crippen LogP) is 7.15. The molecule has 4 saturated carbocycles. The van der Waals surface area contributed by atoms with Gasteiger partial charge in [0.2, 0.25) is 5.91 Å². The molecule has 8 rings (SSSR count). The van der Waals surface area contributed by atoms with E-state index in [-0.39, 0.29) is 34.3 Å². The van der Waals surface area contributed by atoms with Crippen molar-refractivity contribution in [2.75, 3.05) is 31.6 Å². The van der Waals surface area contributed by atoms with Crippen LogP contribution in [-0.2, 0) is 20.5 Å². The van der Waals surface area contributed by atoms with Gasteiger partial charge < -0.3 is 19.5 Å². The summed E-state index contributed by atoms with van der Waals surface area (Å²) >= 11 is 0. The molecule has 0 spiro atoms. The number of aromatic nitrogens is 3. The maximum Gasteiger partial charge on any atom is 0.410 e. The lowest BCUT2D eigenvalue weighted by molar-refractivity contribution is -0.124. The number of methoxy groups -OCH3 is 1. The number of amides is 2. The Bertz CT molecular complexity index is 1750. The Labute approximate surface area is 300 Å². The minimum Gasteiger partial charge on any atom is -0.496 e. The van der Waals surface area contributed by atoms with Crippen molar-refractivity contribution in [3.05, 3.63) is 59.8 Å². The molecule has 0 atom stereocenters. The van der Waals surface area contributed by atoms with Gasteiger partial charge in [-0.3, -0.25) is 14.4 Å². The van der Waals surface area contributed by atoms with Crippen molar-refractivity contribution in [2.45, 2.75) is 115 Å². The number of likely N-dealkylation sites (tertiary alicyclic amines) is 1. The summed E-state index contributed by atoms with van der Waals surface area (Å²) in [6, 6.07) is 8.33. The zero-order chi connectivity index (χ0) is 36.1. The molecule has 3 aromatic rings. The second kappa shape index (κ2) is 13.5. The van der Waals surface area contributed by atoms with Crippen LogP contribution in [0.1, 0.15) is 96.1 Å². The highest BCUT2D eigenvalue weighted by Gasteiger charge is 2.51. The van der Waals surface area contributed by atoms with Crippen molar-refractivity contribution in [3.8, 4) is 16.9 Å². The number of nitrogens with zero attached hydrogens (tertiary/aromatic N) is 5. The van der Waals surface area contributed by atoms with Gasteiger partial charge in [0.05, 0.1) is 44.2 Å². The molecule has 274 valence electrons. The van der Waals surface area contributed by atoms with E-state index in [1.165, 1.54) is 16.7 Å². The molecule has 2 amide bonds. The summed E-state index contributed by atoms with van der Waals surface area (Å²) in [7, 11) is 1.71. The van der Waals surface area contributed by atoms with Crippen LogP contribution >= 0.6 is 0 Å². The number of ether oxygens (including phenoxy) is 2. The first kappa shape index (κ1) is 35.4. The number of aliphatic hydroxyl groups is 1. The van der Waals surface area contributed by atoms with Crippen molar-refractivity contribution in [3.63, 3.8) is 0 Å². The summed E-state index contributed by atoms with van der Waals surface area (Å²) in [6.07, 6.45) is 12.2. The predicted molar refractivity (Wildman–Crippen MR) is 192 cm³/mol. The van der Waals surface area contributed by atoms with E-state index in [0.717, 1.165) is 49.8 Å². The molecular weight excluding hydrogens is 649 g/mol. The van der Waals surface area contributed by atoms with Gasteiger partial charge in [-0.25, -0.2) is 14.2 Å². The molecule has 5 fully saturated rings. The van der Waals surface area contributed by atoms with Crippen LogP contribution in [0.2, 0.25) is 0 Å². The topological polar surface area (TPSA) is 110 Å². The summed E-state index contributed by atoms with van der Waals surface area (Å²) in [6.45, 7) is 9.37. The lowest BCUT2D eigenvalue weighted by atomic mass is 9.51. The monoisotopic (exact) mass is 701 g/mol. The molecular formula is C40H52FN5O5. The van der Waals surface area contributed by atoms with E-state index in [9.17, 15) is 14.7 Å². The molecule has 1 N–H and O–H groups in total. The number of carbonyl (C=O) groups excluding carboxylic acids is 2. The van der Waals surface area contributed by atoms with Crippen LogP contribution in [0.3, 0.4) is 0 Å². The Morgan fingerprint density at radius 2 is 1.71 bits per heavy atom. The molecule has 2 bridgehead atoms. The number of carbonyl (C=O) groups is 2. The first-order valence-electron chi connectivity index (χ1n) is 18.6. The van der Waals surface area contributed by atoms with Gasteiger partial charge in [0, 0.05) is 29.8 Å². The number of fused-ring (bicyclic) bond motifs is 3. The average Bonchev–Trinajstić information content (AvgIpc) is 3.62. The van der Waals surface area contributed by atoms with Crippen LogP contribution in [0.25, 0.3) is 11.1 Å². The Hall–Kier alpha value is -3.99. The molecule has 0 radical (unpaired) electrons. The van der Waals surface area contributed by atoms with Crippen molar-refractivity contribution >= 4 is 17.8 Å². The van der Waals surface area contributed by atoms with Crippen molar-refractivity contribution in [2.24, 2.45) is 11.3 Å². The summed E-state index contributed by atoms with van der Waals surface area (Å²) in [5.41, 5.74) is 3.36. The summed E-state index contributed by atoms with van der Waals surface area (Å²) in [5, 5.41) is 14.1. The van der Waals surface area contributed by atoms with Gasteiger partial charge in [0.1, 0.15) is 23.5 Å². The van der Waals surface area contributed by atoms with Gasteiger partial charge in [0.25, 0.3) is 0 Å². The van der Waals surface area contributed by atoms with Crippen LogP contribution in [-0.4, -0.2) is 75.7 Å². The minimum absolute atomic E-state index is 0.00338. The molecule has 5 aliphatic rings. The van der Waals surface area contributed by atoms with E-state index in [2.05, 4.69) is 35.2 Å². The standard InChI is InChI=1S/C40H52FN5O5/c1-26-18-29(8-11-34(26)50-5)40-15-12-39(13-16-40,14-17-40)25-45(35-19-32(33(41)21-42-35)28-20-43-46(22-28)38(2,3)4)36(48)27-6-9-31(10-7-27)51-37(49)44-23-30(47)24-44/h8,11,18-22,27,30-31,47H,6-7,9-10,12-17,23-25H2,1-5H3. The van der Waals surface area contributed by atoms with E-state index in [0.29, 0.717) is 62.3 Å². The molecule has 1 aromatic carbocycles. The van der Waals surface area contributed by atoms with Crippen LogP contribution < -0.4 is 9.64 Å². The zero-order valence-electron chi connectivity index (χ0n) is 30.7. The second-order valence-corrected chi connectivity index (χ2v) is 16.7. The number of rotatable bonds is 8. The highest BCUT2D eigenvalue weighted by molar-refractivity contribution is 5.95. The first-order valence-corrected chi connectivity index (χ1v) is 18.6. The van der Waals surface area contributed by atoms with Gasteiger partial charge in [-0.15, -0.1) is 0 Å². The summed E-state index contributed by atoms with van der Waals surface area (Å²) in [4.78, 5) is 35.1. The van der Waals surface area contributed by atoms with E-state index in [4.69, 9.17) is 9.47 Å². The second-order valence-electron chi connectivity index (χ2n) is 16.7. The molecule has 51 heavy (non-hydrogen) atoms. The molecule has 1 saturated heterocycles. The molecule has 0 unspecified atom stereocenters. The summed E-state index contributed by atoms with van der Waals surface area (Å²) < 4.78 is 28.5. The number of β-amino-alcohol motifs (C(OH)–C–C–N with tert-alkyl or cyclic N) is 1.